The Morgan fingerprint density at radius 2 is 2.00 bits per heavy atom. The van der Waals surface area contributed by atoms with Gasteiger partial charge in [-0.15, -0.1) is 0 Å². The lowest BCUT2D eigenvalue weighted by Gasteiger charge is -2.04. The molecule has 0 fully saturated rings. The van der Waals surface area contributed by atoms with Gasteiger partial charge in [0, 0.05) is 5.39 Å². The van der Waals surface area contributed by atoms with Crippen LogP contribution < -0.4 is 9.47 Å². The van der Waals surface area contributed by atoms with Gasteiger partial charge < -0.3 is 14.6 Å². The Morgan fingerprint density at radius 1 is 1.16 bits per heavy atom. The Labute approximate surface area is 148 Å². The second-order valence-corrected chi connectivity index (χ2v) is 5.89. The molecule has 0 saturated carbocycles. The van der Waals surface area contributed by atoms with E-state index in [-0.39, 0.29) is 12.4 Å². The van der Waals surface area contributed by atoms with Crippen molar-refractivity contribution in [1.29, 1.82) is 0 Å². The lowest BCUT2D eigenvalue weighted by Crippen LogP contribution is -2.00. The number of hydrogen-bond donors (Lipinski definition) is 1. The van der Waals surface area contributed by atoms with E-state index in [1.807, 2.05) is 12.1 Å². The zero-order valence-corrected chi connectivity index (χ0v) is 13.7. The predicted molar refractivity (Wildman–Crippen MR) is 95.2 cm³/mol. The van der Waals surface area contributed by atoms with Gasteiger partial charge in [-0.05, 0) is 35.9 Å². The van der Waals surface area contributed by atoms with E-state index in [9.17, 15) is 9.90 Å². The molecule has 2 aromatic carbocycles. The topological polar surface area (TPSA) is 68.7 Å². The zero-order chi connectivity index (χ0) is 17.4. The van der Waals surface area contributed by atoms with E-state index in [1.165, 1.54) is 0 Å². The third-order valence-electron chi connectivity index (χ3n) is 3.86. The van der Waals surface area contributed by atoms with Crippen LogP contribution in [0.15, 0.2) is 42.5 Å². The first-order valence-corrected chi connectivity index (χ1v) is 7.90. The molecule has 0 aliphatic carbocycles. The fourth-order valence-corrected chi connectivity index (χ4v) is 3.00. The van der Waals surface area contributed by atoms with E-state index in [1.54, 1.807) is 42.5 Å². The molecule has 0 amide bonds. The SMILES string of the molecule is O=C(O)c1cc(/C=C/c2cc(Cl)c3c(c2)OCO3)nc2ccccc12. The third kappa shape index (κ3) is 2.90. The molecule has 1 N–H and O–H groups in total. The molecule has 0 unspecified atom stereocenters. The second-order valence-electron chi connectivity index (χ2n) is 5.49. The first-order chi connectivity index (χ1) is 12.1. The molecule has 1 aromatic heterocycles. The van der Waals surface area contributed by atoms with Crippen LogP contribution in [-0.2, 0) is 0 Å². The first kappa shape index (κ1) is 15.5. The molecule has 0 spiro atoms. The number of pyridine rings is 1. The molecular formula is C19H12ClNO4. The summed E-state index contributed by atoms with van der Waals surface area (Å²) >= 11 is 6.17. The average Bonchev–Trinajstić information content (AvgIpc) is 3.08. The minimum atomic E-state index is -0.987. The van der Waals surface area contributed by atoms with E-state index >= 15 is 0 Å². The largest absolute Gasteiger partial charge is 0.478 e. The van der Waals surface area contributed by atoms with Crippen LogP contribution in [0.2, 0.25) is 5.02 Å². The maximum atomic E-state index is 11.5. The van der Waals surface area contributed by atoms with Crippen molar-refractivity contribution in [2.75, 3.05) is 6.79 Å². The van der Waals surface area contributed by atoms with Crippen molar-refractivity contribution in [3.63, 3.8) is 0 Å². The number of halogens is 1. The average molecular weight is 354 g/mol. The van der Waals surface area contributed by atoms with Crippen LogP contribution in [0.5, 0.6) is 11.5 Å². The first-order valence-electron chi connectivity index (χ1n) is 7.52. The quantitative estimate of drug-likeness (QED) is 0.751. The number of ether oxygens (including phenoxy) is 2. The molecule has 0 radical (unpaired) electrons. The zero-order valence-electron chi connectivity index (χ0n) is 12.9. The molecule has 1 aliphatic rings. The number of benzene rings is 2. The minimum Gasteiger partial charge on any atom is -0.478 e. The number of rotatable bonds is 3. The number of para-hydroxylation sites is 1. The Balaban J connectivity index is 1.75. The van der Waals surface area contributed by atoms with Gasteiger partial charge in [-0.3, -0.25) is 0 Å². The Hall–Kier alpha value is -3.05. The lowest BCUT2D eigenvalue weighted by atomic mass is 10.1. The van der Waals surface area contributed by atoms with Gasteiger partial charge in [0.1, 0.15) is 0 Å². The summed E-state index contributed by atoms with van der Waals surface area (Å²) in [4.78, 5) is 16.0. The van der Waals surface area contributed by atoms with E-state index < -0.39 is 5.97 Å². The number of carbonyl (C=O) groups is 1. The van der Waals surface area contributed by atoms with Gasteiger partial charge in [0.15, 0.2) is 11.5 Å². The summed E-state index contributed by atoms with van der Waals surface area (Å²) in [6.07, 6.45) is 3.54. The summed E-state index contributed by atoms with van der Waals surface area (Å²) in [6, 6.07) is 12.3. The van der Waals surface area contributed by atoms with Crippen LogP contribution in [0.1, 0.15) is 21.6 Å². The number of fused-ring (bicyclic) bond motifs is 2. The standard InChI is InChI=1S/C19H12ClNO4/c20-15-7-11(8-17-18(15)25-10-24-17)5-6-12-9-14(19(22)23)13-3-1-2-4-16(13)21-12/h1-9H,10H2,(H,22,23)/b6-5+. The van der Waals surface area contributed by atoms with Crippen LogP contribution in [-0.4, -0.2) is 22.9 Å². The van der Waals surface area contributed by atoms with Crippen LogP contribution >= 0.6 is 11.6 Å². The molecule has 25 heavy (non-hydrogen) atoms. The molecule has 0 saturated heterocycles. The van der Waals surface area contributed by atoms with Crippen LogP contribution in [0.4, 0.5) is 0 Å². The van der Waals surface area contributed by atoms with Gasteiger partial charge in [0.2, 0.25) is 6.79 Å². The Bertz CT molecular complexity index is 1030. The number of carboxylic acid groups (broad SMARTS) is 1. The maximum absolute atomic E-state index is 11.5. The van der Waals surface area contributed by atoms with Gasteiger partial charge in [-0.2, -0.15) is 0 Å². The van der Waals surface area contributed by atoms with Crippen molar-refractivity contribution in [1.82, 2.24) is 4.98 Å². The van der Waals surface area contributed by atoms with E-state index in [2.05, 4.69) is 4.98 Å². The molecule has 0 bridgehead atoms. The monoisotopic (exact) mass is 353 g/mol. The normalized spacial score (nSPS) is 12.8. The summed E-state index contributed by atoms with van der Waals surface area (Å²) in [5.74, 6) is 0.139. The van der Waals surface area contributed by atoms with E-state index in [0.29, 0.717) is 33.1 Å². The van der Waals surface area contributed by atoms with Gasteiger partial charge in [0.05, 0.1) is 21.8 Å². The number of hydrogen-bond acceptors (Lipinski definition) is 4. The van der Waals surface area contributed by atoms with E-state index in [4.69, 9.17) is 21.1 Å². The fraction of sp³-hybridized carbons (Fsp3) is 0.0526. The summed E-state index contributed by atoms with van der Waals surface area (Å²) in [5, 5.41) is 10.5. The lowest BCUT2D eigenvalue weighted by molar-refractivity contribution is 0.0699. The molecule has 4 rings (SSSR count). The number of aromatic nitrogens is 1. The Kier molecular flexibility index (Phi) is 3.78. The Morgan fingerprint density at radius 3 is 2.84 bits per heavy atom. The van der Waals surface area contributed by atoms with Crippen LogP contribution in [0, 0.1) is 0 Å². The molecular weight excluding hydrogens is 342 g/mol. The van der Waals surface area contributed by atoms with Crippen molar-refractivity contribution < 1.29 is 19.4 Å². The summed E-state index contributed by atoms with van der Waals surface area (Å²) < 4.78 is 10.6. The molecule has 0 atom stereocenters. The van der Waals surface area contributed by atoms with Gasteiger partial charge in [-0.25, -0.2) is 9.78 Å². The summed E-state index contributed by atoms with van der Waals surface area (Å²) in [5.41, 5.74) is 2.20. The highest BCUT2D eigenvalue weighted by Crippen LogP contribution is 2.40. The molecule has 1 aliphatic heterocycles. The summed E-state index contributed by atoms with van der Waals surface area (Å²) in [7, 11) is 0. The molecule has 5 nitrogen and oxygen atoms in total. The van der Waals surface area contributed by atoms with Crippen LogP contribution in [0.3, 0.4) is 0 Å². The third-order valence-corrected chi connectivity index (χ3v) is 4.14. The fourth-order valence-electron chi connectivity index (χ4n) is 2.72. The van der Waals surface area contributed by atoms with Crippen molar-refractivity contribution in [2.24, 2.45) is 0 Å². The summed E-state index contributed by atoms with van der Waals surface area (Å²) in [6.45, 7) is 0.149. The highest BCUT2D eigenvalue weighted by molar-refractivity contribution is 6.32. The highest BCUT2D eigenvalue weighted by atomic mass is 35.5. The van der Waals surface area contributed by atoms with Crippen LogP contribution in [0.25, 0.3) is 23.1 Å². The van der Waals surface area contributed by atoms with Gasteiger partial charge in [-0.1, -0.05) is 35.9 Å². The van der Waals surface area contributed by atoms with Crippen molar-refractivity contribution in [2.45, 2.75) is 0 Å². The van der Waals surface area contributed by atoms with Gasteiger partial charge >= 0.3 is 5.97 Å². The molecule has 6 heteroatoms. The van der Waals surface area contributed by atoms with Gasteiger partial charge in [0.25, 0.3) is 0 Å². The minimum absolute atomic E-state index is 0.149. The number of aromatic carboxylic acids is 1. The van der Waals surface area contributed by atoms with Crippen molar-refractivity contribution >= 4 is 40.6 Å². The van der Waals surface area contributed by atoms with Crippen molar-refractivity contribution in [3.05, 3.63) is 64.3 Å². The highest BCUT2D eigenvalue weighted by Gasteiger charge is 2.17. The smallest absolute Gasteiger partial charge is 0.336 e. The second kappa shape index (κ2) is 6.11. The molecule has 2 heterocycles. The molecule has 3 aromatic rings. The number of nitrogens with zero attached hydrogens (tertiary/aromatic N) is 1. The maximum Gasteiger partial charge on any atom is 0.336 e. The predicted octanol–water partition coefficient (Wildman–Crippen LogP) is 4.49. The molecule has 124 valence electrons. The number of carboxylic acids is 1. The van der Waals surface area contributed by atoms with Crippen molar-refractivity contribution in [3.8, 4) is 11.5 Å². The van der Waals surface area contributed by atoms with E-state index in [0.717, 1.165) is 5.56 Å².